The van der Waals surface area contributed by atoms with E-state index in [-0.39, 0.29) is 16.4 Å². The van der Waals surface area contributed by atoms with Crippen LogP contribution >= 0.6 is 0 Å². The molecule has 7 rings (SSSR count). The predicted molar refractivity (Wildman–Crippen MR) is 137 cm³/mol. The third-order valence-electron chi connectivity index (χ3n) is 8.32. The number of hydrogen-bond acceptors (Lipinski definition) is 1. The molecule has 2 nitrogen and oxygen atoms in total. The summed E-state index contributed by atoms with van der Waals surface area (Å²) < 4.78 is 1.78. The molecule has 2 heteroatoms. The number of rotatable bonds is 1. The molecule has 2 aliphatic carbocycles. The van der Waals surface area contributed by atoms with Crippen molar-refractivity contribution in [2.75, 3.05) is 0 Å². The lowest BCUT2D eigenvalue weighted by molar-refractivity contribution is 0.639. The van der Waals surface area contributed by atoms with Crippen molar-refractivity contribution in [2.24, 2.45) is 0 Å². The number of benzene rings is 4. The first-order valence-electron chi connectivity index (χ1n) is 11.6. The van der Waals surface area contributed by atoms with Crippen molar-refractivity contribution < 1.29 is 0 Å². The van der Waals surface area contributed by atoms with E-state index in [9.17, 15) is 4.79 Å². The summed E-state index contributed by atoms with van der Waals surface area (Å²) in [4.78, 5) is 14.1. The Kier molecular flexibility index (Phi) is 3.22. The second kappa shape index (κ2) is 5.63. The zero-order chi connectivity index (χ0) is 22.9. The number of pyridine rings is 1. The van der Waals surface area contributed by atoms with Crippen molar-refractivity contribution in [1.29, 1.82) is 0 Å². The van der Waals surface area contributed by atoms with Crippen LogP contribution in [0, 0.1) is 0 Å². The minimum atomic E-state index is -0.161. The predicted octanol–water partition coefficient (Wildman–Crippen LogP) is 6.22. The lowest BCUT2D eigenvalue weighted by Crippen LogP contribution is -2.32. The third kappa shape index (κ3) is 1.99. The minimum Gasteiger partial charge on any atom is -0.277 e. The molecule has 1 heterocycles. The van der Waals surface area contributed by atoms with E-state index in [1.54, 1.807) is 4.57 Å². The van der Waals surface area contributed by atoms with E-state index in [0.29, 0.717) is 0 Å². The first-order chi connectivity index (χ1) is 15.7. The average molecular weight is 428 g/mol. The number of aromatic nitrogens is 1. The van der Waals surface area contributed by atoms with E-state index < -0.39 is 0 Å². The topological polar surface area (TPSA) is 22.0 Å². The van der Waals surface area contributed by atoms with Gasteiger partial charge >= 0.3 is 0 Å². The summed E-state index contributed by atoms with van der Waals surface area (Å²) in [6, 6.07) is 23.2. The van der Waals surface area contributed by atoms with Crippen LogP contribution in [0.4, 0.5) is 0 Å². The molecule has 33 heavy (non-hydrogen) atoms. The smallest absolute Gasteiger partial charge is 0.263 e. The standard InChI is InChI=1S/C31H25NO/c1-17-19-14-15-23-27-25(19)20(29(33)32(17)18-10-7-6-8-11-18)16-24-28(27)26-21(30(23,2)3)12-9-13-22(26)31(24,4)5/h6-16H,1H2,2-5H3. The van der Waals surface area contributed by atoms with E-state index >= 15 is 0 Å². The lowest BCUT2D eigenvalue weighted by Gasteiger charge is -2.35. The fraction of sp³-hybridized carbons (Fsp3) is 0.194. The van der Waals surface area contributed by atoms with Crippen LogP contribution < -0.4 is 10.9 Å². The van der Waals surface area contributed by atoms with Crippen molar-refractivity contribution in [2.45, 2.75) is 38.5 Å². The maximum Gasteiger partial charge on any atom is 0.263 e. The van der Waals surface area contributed by atoms with Crippen molar-refractivity contribution in [3.05, 3.63) is 105 Å². The Balaban J connectivity index is 1.79. The van der Waals surface area contributed by atoms with Gasteiger partial charge in [-0.05, 0) is 57.0 Å². The van der Waals surface area contributed by atoms with E-state index in [0.717, 1.165) is 27.2 Å². The van der Waals surface area contributed by atoms with Crippen LogP contribution in [0.15, 0.2) is 71.5 Å². The number of hydrogen-bond donors (Lipinski definition) is 0. The Morgan fingerprint density at radius 3 is 2.03 bits per heavy atom. The quantitative estimate of drug-likeness (QED) is 0.311. The largest absolute Gasteiger partial charge is 0.277 e. The second-order valence-corrected chi connectivity index (χ2v) is 10.7. The maximum absolute atomic E-state index is 14.1. The Bertz CT molecular complexity index is 1790. The molecule has 0 radical (unpaired) electrons. The molecule has 0 saturated carbocycles. The fourth-order valence-corrected chi connectivity index (χ4v) is 6.62. The van der Waals surface area contributed by atoms with Crippen LogP contribution in [0.3, 0.4) is 0 Å². The number of nitrogens with zero attached hydrogens (tertiary/aromatic N) is 1. The maximum atomic E-state index is 14.1. The Morgan fingerprint density at radius 1 is 0.667 bits per heavy atom. The monoisotopic (exact) mass is 427 g/mol. The SMILES string of the molecule is C=c1c2ccc3c4c5c(cc(c(=O)n1-c1ccccc1)c42)C(C)(C)c1cccc(c1-5)C3(C)C. The zero-order valence-corrected chi connectivity index (χ0v) is 19.4. The highest BCUT2D eigenvalue weighted by molar-refractivity contribution is 6.20. The van der Waals surface area contributed by atoms with Crippen LogP contribution in [-0.2, 0) is 10.8 Å². The zero-order valence-electron chi connectivity index (χ0n) is 19.4. The molecule has 0 N–H and O–H groups in total. The highest BCUT2D eigenvalue weighted by Crippen LogP contribution is 2.59. The Hall–Kier alpha value is -3.65. The summed E-state index contributed by atoms with van der Waals surface area (Å²) in [5.41, 5.74) is 8.57. The first-order valence-corrected chi connectivity index (χ1v) is 11.6. The van der Waals surface area contributed by atoms with Gasteiger partial charge in [0.25, 0.3) is 5.56 Å². The summed E-state index contributed by atoms with van der Waals surface area (Å²) in [7, 11) is 0. The molecule has 0 fully saturated rings. The van der Waals surface area contributed by atoms with E-state index in [2.05, 4.69) is 70.7 Å². The van der Waals surface area contributed by atoms with E-state index in [1.807, 2.05) is 30.3 Å². The van der Waals surface area contributed by atoms with Gasteiger partial charge < -0.3 is 0 Å². The van der Waals surface area contributed by atoms with E-state index in [4.69, 9.17) is 0 Å². The van der Waals surface area contributed by atoms with Gasteiger partial charge in [-0.2, -0.15) is 0 Å². The molecule has 0 spiro atoms. The molecular formula is C31H25NO. The van der Waals surface area contributed by atoms with Gasteiger partial charge in [-0.25, -0.2) is 0 Å². The molecule has 0 saturated heterocycles. The third-order valence-corrected chi connectivity index (χ3v) is 8.32. The number of para-hydroxylation sites is 1. The molecule has 5 aromatic rings. The molecule has 160 valence electrons. The van der Waals surface area contributed by atoms with Gasteiger partial charge in [0.1, 0.15) is 0 Å². The molecule has 0 aliphatic heterocycles. The van der Waals surface area contributed by atoms with E-state index in [1.165, 1.54) is 38.8 Å². The summed E-state index contributed by atoms with van der Waals surface area (Å²) in [5.74, 6) is 0. The Labute approximate surface area is 192 Å². The normalized spacial score (nSPS) is 16.6. The van der Waals surface area contributed by atoms with Crippen LogP contribution in [0.2, 0.25) is 0 Å². The summed E-state index contributed by atoms with van der Waals surface area (Å²) in [5, 5.41) is 4.91. The highest BCUT2D eigenvalue weighted by atomic mass is 16.1. The average Bonchev–Trinajstić information content (AvgIpc) is 3.04. The second-order valence-electron chi connectivity index (χ2n) is 10.7. The van der Waals surface area contributed by atoms with Crippen molar-refractivity contribution in [1.82, 2.24) is 4.57 Å². The van der Waals surface area contributed by atoms with Crippen molar-refractivity contribution >= 4 is 28.1 Å². The fourth-order valence-electron chi connectivity index (χ4n) is 6.62. The molecule has 0 amide bonds. The summed E-state index contributed by atoms with van der Waals surface area (Å²) in [6.07, 6.45) is 0. The first kappa shape index (κ1) is 18.9. The van der Waals surface area contributed by atoms with Gasteiger partial charge in [0, 0.05) is 38.0 Å². The molecule has 0 unspecified atom stereocenters. The van der Waals surface area contributed by atoms with Crippen molar-refractivity contribution in [3.8, 4) is 16.8 Å². The van der Waals surface area contributed by atoms with Gasteiger partial charge in [-0.1, -0.05) is 82.8 Å². The molecule has 0 bridgehead atoms. The lowest BCUT2D eigenvalue weighted by atomic mass is 9.68. The van der Waals surface area contributed by atoms with Crippen LogP contribution in [0.5, 0.6) is 0 Å². The van der Waals surface area contributed by atoms with Gasteiger partial charge in [0.05, 0.1) is 0 Å². The van der Waals surface area contributed by atoms with Gasteiger partial charge in [0.2, 0.25) is 0 Å². The molecule has 0 atom stereocenters. The molecule has 1 aromatic heterocycles. The van der Waals surface area contributed by atoms with Crippen LogP contribution in [0.25, 0.3) is 44.9 Å². The molecule has 4 aromatic carbocycles. The Morgan fingerprint density at radius 2 is 1.33 bits per heavy atom. The van der Waals surface area contributed by atoms with Crippen molar-refractivity contribution in [3.63, 3.8) is 0 Å². The highest BCUT2D eigenvalue weighted by Gasteiger charge is 2.45. The molecule has 2 aliphatic rings. The van der Waals surface area contributed by atoms with Gasteiger partial charge in [0.15, 0.2) is 0 Å². The van der Waals surface area contributed by atoms with Gasteiger partial charge in [-0.3, -0.25) is 9.36 Å². The summed E-state index contributed by atoms with van der Waals surface area (Å²) >= 11 is 0. The van der Waals surface area contributed by atoms with Crippen LogP contribution in [-0.4, -0.2) is 4.57 Å². The molecular weight excluding hydrogens is 402 g/mol. The van der Waals surface area contributed by atoms with Crippen LogP contribution in [0.1, 0.15) is 49.9 Å². The van der Waals surface area contributed by atoms with Gasteiger partial charge in [-0.15, -0.1) is 0 Å². The minimum absolute atomic E-state index is 0.00834. The summed E-state index contributed by atoms with van der Waals surface area (Å²) in [6.45, 7) is 13.6.